The van der Waals surface area contributed by atoms with Crippen molar-refractivity contribution in [3.63, 3.8) is 0 Å². The highest BCUT2D eigenvalue weighted by molar-refractivity contribution is 6.62. The standard InChI is InChI=1S/C28H38O9Si/c1-7-11-27(38(33-8-2,34-9-3)35-10-4)36-23-16-13-22(14-17-23)28(30)37-24-18-12-21(25(20-24)31-5)15-19-26(29)32-6/h12-20,27H,7-11H2,1-6H3/b19-15+. The van der Waals surface area contributed by atoms with Gasteiger partial charge in [-0.3, -0.25) is 0 Å². The maximum absolute atomic E-state index is 12.8. The molecule has 2 aromatic carbocycles. The molecule has 0 radical (unpaired) electrons. The first-order valence-corrected chi connectivity index (χ1v) is 14.5. The van der Waals surface area contributed by atoms with Crippen LogP contribution in [-0.2, 0) is 22.8 Å². The number of carbonyl (C=O) groups is 2. The first-order valence-electron chi connectivity index (χ1n) is 12.7. The molecule has 0 aliphatic carbocycles. The number of ether oxygens (including phenoxy) is 4. The summed E-state index contributed by atoms with van der Waals surface area (Å²) in [5, 5.41) is 0. The van der Waals surface area contributed by atoms with Gasteiger partial charge in [0.1, 0.15) is 17.2 Å². The van der Waals surface area contributed by atoms with Crippen molar-refractivity contribution in [2.24, 2.45) is 0 Å². The second-order valence-electron chi connectivity index (χ2n) is 7.97. The Morgan fingerprint density at radius 3 is 2.00 bits per heavy atom. The van der Waals surface area contributed by atoms with Crippen LogP contribution in [0.25, 0.3) is 6.08 Å². The highest BCUT2D eigenvalue weighted by Gasteiger charge is 2.51. The Balaban J connectivity index is 2.17. The van der Waals surface area contributed by atoms with Crippen LogP contribution in [0.5, 0.6) is 17.2 Å². The number of carbonyl (C=O) groups excluding carboxylic acids is 2. The van der Waals surface area contributed by atoms with Crippen molar-refractivity contribution in [2.75, 3.05) is 34.0 Å². The van der Waals surface area contributed by atoms with Gasteiger partial charge in [0.05, 0.1) is 19.8 Å². The molecule has 9 nitrogen and oxygen atoms in total. The molecule has 208 valence electrons. The van der Waals surface area contributed by atoms with Crippen LogP contribution in [-0.4, -0.2) is 60.5 Å². The lowest BCUT2D eigenvalue weighted by Crippen LogP contribution is -2.58. The van der Waals surface area contributed by atoms with Crippen LogP contribution in [0.1, 0.15) is 56.5 Å². The zero-order valence-electron chi connectivity index (χ0n) is 23.0. The van der Waals surface area contributed by atoms with E-state index in [4.69, 9.17) is 27.5 Å². The third kappa shape index (κ3) is 8.69. The minimum absolute atomic E-state index is 0.298. The molecule has 0 saturated heterocycles. The monoisotopic (exact) mass is 546 g/mol. The van der Waals surface area contributed by atoms with Gasteiger partial charge in [0, 0.05) is 37.5 Å². The molecule has 10 heteroatoms. The highest BCUT2D eigenvalue weighted by Crippen LogP contribution is 2.28. The van der Waals surface area contributed by atoms with Crippen molar-refractivity contribution in [1.82, 2.24) is 0 Å². The van der Waals surface area contributed by atoms with Crippen molar-refractivity contribution in [3.05, 3.63) is 59.7 Å². The van der Waals surface area contributed by atoms with E-state index in [1.54, 1.807) is 48.5 Å². The van der Waals surface area contributed by atoms with E-state index in [0.29, 0.717) is 54.6 Å². The largest absolute Gasteiger partial charge is 0.543 e. The summed E-state index contributed by atoms with van der Waals surface area (Å²) >= 11 is 0. The van der Waals surface area contributed by atoms with Crippen molar-refractivity contribution in [3.8, 4) is 17.2 Å². The minimum Gasteiger partial charge on any atom is -0.496 e. The van der Waals surface area contributed by atoms with E-state index in [-0.39, 0.29) is 5.73 Å². The van der Waals surface area contributed by atoms with Crippen LogP contribution >= 0.6 is 0 Å². The van der Waals surface area contributed by atoms with Crippen LogP contribution in [0, 0.1) is 0 Å². The molecule has 0 aromatic heterocycles. The number of hydrogen-bond acceptors (Lipinski definition) is 9. The molecule has 0 N–H and O–H groups in total. The third-order valence-electron chi connectivity index (χ3n) is 5.37. The average molecular weight is 547 g/mol. The Labute approximate surface area is 226 Å². The van der Waals surface area contributed by atoms with Gasteiger partial charge in [-0.2, -0.15) is 0 Å². The van der Waals surface area contributed by atoms with Gasteiger partial charge in [-0.15, -0.1) is 0 Å². The Hall–Kier alpha value is -3.18. The molecular formula is C28H38O9Si. The first kappa shape index (κ1) is 31.0. The number of benzene rings is 2. The van der Waals surface area contributed by atoms with E-state index < -0.39 is 20.7 Å². The summed E-state index contributed by atoms with van der Waals surface area (Å²) in [7, 11) is -0.315. The van der Waals surface area contributed by atoms with Crippen molar-refractivity contribution in [1.29, 1.82) is 0 Å². The van der Waals surface area contributed by atoms with Crippen molar-refractivity contribution >= 4 is 26.8 Å². The van der Waals surface area contributed by atoms with E-state index in [0.717, 1.165) is 6.42 Å². The summed E-state index contributed by atoms with van der Waals surface area (Å²) in [4.78, 5) is 24.1. The van der Waals surface area contributed by atoms with Gasteiger partial charge < -0.3 is 32.2 Å². The number of esters is 2. The zero-order chi connectivity index (χ0) is 28.0. The second kappa shape index (κ2) is 15.9. The molecule has 1 unspecified atom stereocenters. The summed E-state index contributed by atoms with van der Waals surface area (Å²) in [6.07, 6.45) is 4.39. The molecular weight excluding hydrogens is 508 g/mol. The highest BCUT2D eigenvalue weighted by atomic mass is 28.4. The summed E-state index contributed by atoms with van der Waals surface area (Å²) < 4.78 is 39.9. The van der Waals surface area contributed by atoms with Crippen LogP contribution in [0.4, 0.5) is 0 Å². The van der Waals surface area contributed by atoms with Crippen LogP contribution < -0.4 is 14.2 Å². The number of hydrogen-bond donors (Lipinski definition) is 0. The minimum atomic E-state index is -3.10. The molecule has 0 saturated carbocycles. The third-order valence-corrected chi connectivity index (χ3v) is 8.63. The zero-order valence-corrected chi connectivity index (χ0v) is 24.0. The fourth-order valence-corrected chi connectivity index (χ4v) is 6.63. The Bertz CT molecular complexity index is 1040. The number of methoxy groups -OCH3 is 2. The van der Waals surface area contributed by atoms with Gasteiger partial charge in [-0.05, 0) is 69.7 Å². The number of rotatable bonds is 16. The Morgan fingerprint density at radius 2 is 1.47 bits per heavy atom. The summed E-state index contributed by atoms with van der Waals surface area (Å²) in [6, 6.07) is 11.6. The van der Waals surface area contributed by atoms with Crippen LogP contribution in [0.15, 0.2) is 48.5 Å². The predicted octanol–water partition coefficient (Wildman–Crippen LogP) is 5.24. The summed E-state index contributed by atoms with van der Waals surface area (Å²) in [5.41, 5.74) is 0.594. The molecule has 0 heterocycles. The SMILES string of the molecule is CCCC(Oc1ccc(C(=O)Oc2ccc(/C=C/C(=O)OC)c(OC)c2)cc1)[Si](OCC)(OCC)OCC. The molecule has 38 heavy (non-hydrogen) atoms. The first-order chi connectivity index (χ1) is 18.4. The fraction of sp³-hybridized carbons (Fsp3) is 0.429. The topological polar surface area (TPSA) is 98.8 Å². The van der Waals surface area contributed by atoms with Gasteiger partial charge in [0.2, 0.25) is 0 Å². The molecule has 2 rings (SSSR count). The van der Waals surface area contributed by atoms with Gasteiger partial charge in [0.25, 0.3) is 0 Å². The summed E-state index contributed by atoms with van der Waals surface area (Å²) in [6.45, 7) is 9.15. The predicted molar refractivity (Wildman–Crippen MR) is 145 cm³/mol. The smallest absolute Gasteiger partial charge is 0.496 e. The lowest BCUT2D eigenvalue weighted by Gasteiger charge is -2.35. The normalized spacial score (nSPS) is 12.3. The maximum Gasteiger partial charge on any atom is 0.543 e. The van der Waals surface area contributed by atoms with E-state index in [2.05, 4.69) is 11.7 Å². The lowest BCUT2D eigenvalue weighted by atomic mass is 10.1. The van der Waals surface area contributed by atoms with Crippen LogP contribution in [0.3, 0.4) is 0 Å². The van der Waals surface area contributed by atoms with E-state index in [9.17, 15) is 9.59 Å². The second-order valence-corrected chi connectivity index (χ2v) is 10.7. The Kier molecular flexibility index (Phi) is 13.0. The molecule has 1 atom stereocenters. The van der Waals surface area contributed by atoms with Crippen LogP contribution in [0.2, 0.25) is 0 Å². The summed E-state index contributed by atoms with van der Waals surface area (Å²) in [5.74, 6) is 0.276. The maximum atomic E-state index is 12.8. The molecule has 2 aromatic rings. The molecule has 0 amide bonds. The average Bonchev–Trinajstić information content (AvgIpc) is 2.92. The molecule has 0 spiro atoms. The van der Waals surface area contributed by atoms with E-state index in [1.807, 2.05) is 20.8 Å². The fourth-order valence-electron chi connectivity index (χ4n) is 3.70. The molecule has 0 bridgehead atoms. The van der Waals surface area contributed by atoms with E-state index >= 15 is 0 Å². The molecule has 0 fully saturated rings. The van der Waals surface area contributed by atoms with Gasteiger partial charge >= 0.3 is 20.7 Å². The van der Waals surface area contributed by atoms with Gasteiger partial charge in [-0.1, -0.05) is 13.3 Å². The van der Waals surface area contributed by atoms with Crippen molar-refractivity contribution < 1.29 is 41.8 Å². The quantitative estimate of drug-likeness (QED) is 0.121. The lowest BCUT2D eigenvalue weighted by molar-refractivity contribution is -0.134. The van der Waals surface area contributed by atoms with Crippen molar-refractivity contribution in [2.45, 2.75) is 46.3 Å². The Morgan fingerprint density at radius 1 is 0.868 bits per heavy atom. The molecule has 0 aliphatic heterocycles. The van der Waals surface area contributed by atoms with Gasteiger partial charge in [0.15, 0.2) is 5.73 Å². The van der Waals surface area contributed by atoms with Gasteiger partial charge in [-0.25, -0.2) is 9.59 Å². The van der Waals surface area contributed by atoms with E-state index in [1.165, 1.54) is 20.3 Å². The molecule has 0 aliphatic rings.